The van der Waals surface area contributed by atoms with Crippen molar-refractivity contribution in [2.45, 2.75) is 17.9 Å². The van der Waals surface area contributed by atoms with Gasteiger partial charge < -0.3 is 5.73 Å². The number of aromatic nitrogens is 2. The van der Waals surface area contributed by atoms with Crippen LogP contribution in [0.2, 0.25) is 0 Å². The molecule has 0 aliphatic rings. The van der Waals surface area contributed by atoms with Crippen LogP contribution in [-0.4, -0.2) is 24.2 Å². The van der Waals surface area contributed by atoms with Gasteiger partial charge in [-0.15, -0.1) is 0 Å². The first kappa shape index (κ1) is 15.6. The van der Waals surface area contributed by atoms with E-state index in [4.69, 9.17) is 5.73 Å². The monoisotopic (exact) mass is 333 g/mol. The van der Waals surface area contributed by atoms with Crippen LogP contribution in [0.1, 0.15) is 18.8 Å². The number of nitrogens with zero attached hydrogens (tertiary/aromatic N) is 2. The van der Waals surface area contributed by atoms with Crippen molar-refractivity contribution in [3.8, 4) is 5.69 Å². The number of halogens is 1. The lowest BCUT2D eigenvalue weighted by Crippen LogP contribution is -2.14. The molecule has 0 aliphatic carbocycles. The van der Waals surface area contributed by atoms with Crippen LogP contribution in [0.5, 0.6) is 0 Å². The molecule has 1 atom stereocenters. The van der Waals surface area contributed by atoms with Crippen LogP contribution in [0, 0.1) is 5.82 Å². The molecule has 0 bridgehead atoms. The molecule has 0 aliphatic heterocycles. The third-order valence-electron chi connectivity index (χ3n) is 3.56. The van der Waals surface area contributed by atoms with Crippen LogP contribution < -0.4 is 5.73 Å². The zero-order valence-electron chi connectivity index (χ0n) is 12.7. The van der Waals surface area contributed by atoms with E-state index in [1.54, 1.807) is 35.8 Å². The molecule has 7 heteroatoms. The van der Waals surface area contributed by atoms with Gasteiger partial charge in [0, 0.05) is 12.3 Å². The highest BCUT2D eigenvalue weighted by atomic mass is 32.2. The SMILES string of the molecule is CC(N)c1nc2ccc(F)cc2n1-c1ccccc1S(C)(=O)=O. The third kappa shape index (κ3) is 2.73. The van der Waals surface area contributed by atoms with Crippen molar-refractivity contribution in [1.82, 2.24) is 9.55 Å². The molecule has 0 spiro atoms. The van der Waals surface area contributed by atoms with Crippen molar-refractivity contribution >= 4 is 20.9 Å². The number of para-hydroxylation sites is 1. The predicted molar refractivity (Wildman–Crippen MR) is 86.7 cm³/mol. The number of imidazole rings is 1. The fourth-order valence-corrected chi connectivity index (χ4v) is 3.45. The van der Waals surface area contributed by atoms with E-state index in [1.165, 1.54) is 18.2 Å². The summed E-state index contributed by atoms with van der Waals surface area (Å²) in [6.45, 7) is 1.75. The lowest BCUT2D eigenvalue weighted by molar-refractivity contribution is 0.601. The molecule has 3 rings (SSSR count). The van der Waals surface area contributed by atoms with Crippen molar-refractivity contribution in [2.24, 2.45) is 5.73 Å². The van der Waals surface area contributed by atoms with Gasteiger partial charge in [-0.05, 0) is 31.2 Å². The van der Waals surface area contributed by atoms with E-state index in [0.29, 0.717) is 22.5 Å². The molecule has 120 valence electrons. The Balaban J connectivity index is 2.45. The Kier molecular flexibility index (Phi) is 3.69. The molecular weight excluding hydrogens is 317 g/mol. The Morgan fingerprint density at radius 3 is 2.57 bits per heavy atom. The molecule has 0 saturated carbocycles. The Bertz CT molecular complexity index is 994. The summed E-state index contributed by atoms with van der Waals surface area (Å²) in [6.07, 6.45) is 1.14. The van der Waals surface area contributed by atoms with E-state index >= 15 is 0 Å². The van der Waals surface area contributed by atoms with E-state index in [-0.39, 0.29) is 4.90 Å². The number of hydrogen-bond donors (Lipinski definition) is 1. The smallest absolute Gasteiger partial charge is 0.177 e. The van der Waals surface area contributed by atoms with Crippen LogP contribution in [0.4, 0.5) is 4.39 Å². The summed E-state index contributed by atoms with van der Waals surface area (Å²) in [4.78, 5) is 4.57. The number of rotatable bonds is 3. The number of nitrogens with two attached hydrogens (primary N) is 1. The maximum absolute atomic E-state index is 13.7. The summed E-state index contributed by atoms with van der Waals surface area (Å²) >= 11 is 0. The molecule has 5 nitrogen and oxygen atoms in total. The Morgan fingerprint density at radius 2 is 1.91 bits per heavy atom. The van der Waals surface area contributed by atoms with E-state index in [2.05, 4.69) is 4.98 Å². The second-order valence-electron chi connectivity index (χ2n) is 5.47. The average Bonchev–Trinajstić information content (AvgIpc) is 2.85. The summed E-state index contributed by atoms with van der Waals surface area (Å²) < 4.78 is 39.5. The fraction of sp³-hybridized carbons (Fsp3) is 0.188. The van der Waals surface area contributed by atoms with Gasteiger partial charge in [0.1, 0.15) is 11.6 Å². The Morgan fingerprint density at radius 1 is 1.22 bits per heavy atom. The molecule has 0 fully saturated rings. The van der Waals surface area contributed by atoms with Crippen LogP contribution in [0.3, 0.4) is 0 Å². The van der Waals surface area contributed by atoms with E-state index in [9.17, 15) is 12.8 Å². The number of benzene rings is 2. The molecule has 23 heavy (non-hydrogen) atoms. The molecule has 0 saturated heterocycles. The largest absolute Gasteiger partial charge is 0.322 e. The van der Waals surface area contributed by atoms with Crippen molar-refractivity contribution < 1.29 is 12.8 Å². The molecule has 2 aromatic carbocycles. The van der Waals surface area contributed by atoms with Crippen molar-refractivity contribution in [1.29, 1.82) is 0 Å². The van der Waals surface area contributed by atoms with Gasteiger partial charge in [-0.3, -0.25) is 4.57 Å². The standard InChI is InChI=1S/C16H16FN3O2S/c1-10(18)16-19-12-8-7-11(17)9-14(12)20(16)13-5-3-4-6-15(13)23(2,21)22/h3-10H,18H2,1-2H3. The normalized spacial score (nSPS) is 13.4. The van der Waals surface area contributed by atoms with Gasteiger partial charge in [-0.1, -0.05) is 12.1 Å². The van der Waals surface area contributed by atoms with E-state index in [0.717, 1.165) is 6.26 Å². The number of fused-ring (bicyclic) bond motifs is 1. The highest BCUT2D eigenvalue weighted by molar-refractivity contribution is 7.90. The van der Waals surface area contributed by atoms with Gasteiger partial charge >= 0.3 is 0 Å². The van der Waals surface area contributed by atoms with Crippen LogP contribution in [0.25, 0.3) is 16.7 Å². The fourth-order valence-electron chi connectivity index (χ4n) is 2.58. The minimum Gasteiger partial charge on any atom is -0.322 e. The number of sulfone groups is 1. The highest BCUT2D eigenvalue weighted by Gasteiger charge is 2.21. The third-order valence-corrected chi connectivity index (χ3v) is 4.70. The Labute approximate surface area is 133 Å². The topological polar surface area (TPSA) is 78.0 Å². The summed E-state index contributed by atoms with van der Waals surface area (Å²) in [5.41, 5.74) is 7.44. The molecule has 0 radical (unpaired) electrons. The molecule has 1 aromatic heterocycles. The molecule has 1 heterocycles. The summed E-state index contributed by atoms with van der Waals surface area (Å²) in [5, 5.41) is 0. The summed E-state index contributed by atoms with van der Waals surface area (Å²) in [7, 11) is -3.46. The second-order valence-corrected chi connectivity index (χ2v) is 7.45. The highest BCUT2D eigenvalue weighted by Crippen LogP contribution is 2.29. The Hall–Kier alpha value is -2.25. The first-order valence-electron chi connectivity index (χ1n) is 7.02. The summed E-state index contributed by atoms with van der Waals surface area (Å²) in [5.74, 6) is 0.0495. The van der Waals surface area contributed by atoms with Crippen LogP contribution in [-0.2, 0) is 9.84 Å². The van der Waals surface area contributed by atoms with Gasteiger partial charge in [-0.25, -0.2) is 17.8 Å². The van der Waals surface area contributed by atoms with Gasteiger partial charge in [0.15, 0.2) is 9.84 Å². The summed E-state index contributed by atoms with van der Waals surface area (Å²) in [6, 6.07) is 10.3. The molecule has 1 unspecified atom stereocenters. The molecule has 3 aromatic rings. The molecular formula is C16H16FN3O2S. The van der Waals surface area contributed by atoms with Crippen LogP contribution in [0.15, 0.2) is 47.4 Å². The van der Waals surface area contributed by atoms with Gasteiger partial charge in [0.2, 0.25) is 0 Å². The lowest BCUT2D eigenvalue weighted by atomic mass is 10.2. The predicted octanol–water partition coefficient (Wildman–Crippen LogP) is 2.59. The zero-order chi connectivity index (χ0) is 16.8. The first-order valence-corrected chi connectivity index (χ1v) is 8.91. The van der Waals surface area contributed by atoms with Crippen molar-refractivity contribution in [3.05, 3.63) is 54.1 Å². The van der Waals surface area contributed by atoms with Gasteiger partial charge in [0.05, 0.1) is 27.7 Å². The minimum absolute atomic E-state index is 0.144. The average molecular weight is 333 g/mol. The minimum atomic E-state index is -3.46. The maximum atomic E-state index is 13.7. The lowest BCUT2D eigenvalue weighted by Gasteiger charge is -2.14. The first-order chi connectivity index (χ1) is 10.8. The number of hydrogen-bond acceptors (Lipinski definition) is 4. The molecule has 0 amide bonds. The van der Waals surface area contributed by atoms with E-state index in [1.807, 2.05) is 0 Å². The molecule has 2 N–H and O–H groups in total. The van der Waals surface area contributed by atoms with Gasteiger partial charge in [0.25, 0.3) is 0 Å². The zero-order valence-corrected chi connectivity index (χ0v) is 13.5. The van der Waals surface area contributed by atoms with Gasteiger partial charge in [-0.2, -0.15) is 0 Å². The van der Waals surface area contributed by atoms with E-state index < -0.39 is 21.7 Å². The van der Waals surface area contributed by atoms with Crippen LogP contribution >= 0.6 is 0 Å². The van der Waals surface area contributed by atoms with Crippen molar-refractivity contribution in [3.63, 3.8) is 0 Å². The maximum Gasteiger partial charge on any atom is 0.177 e. The van der Waals surface area contributed by atoms with Crippen molar-refractivity contribution in [2.75, 3.05) is 6.26 Å². The second kappa shape index (κ2) is 5.43. The quantitative estimate of drug-likeness (QED) is 0.799.